The predicted octanol–water partition coefficient (Wildman–Crippen LogP) is 12.5. The van der Waals surface area contributed by atoms with Crippen LogP contribution in [0.3, 0.4) is 0 Å². The molecule has 0 saturated carbocycles. The zero-order valence-corrected chi connectivity index (χ0v) is 30.0. The summed E-state index contributed by atoms with van der Waals surface area (Å²) in [6.45, 7) is 29.1. The monoisotopic (exact) mass is 587 g/mol. The molecule has 0 rings (SSSR count). The molecule has 2 heteroatoms. The van der Waals surface area contributed by atoms with E-state index >= 15 is 0 Å². The minimum atomic E-state index is -0.738. The zero-order chi connectivity index (χ0) is 32.6. The van der Waals surface area contributed by atoms with E-state index in [1.54, 1.807) is 12.2 Å². The van der Waals surface area contributed by atoms with Gasteiger partial charge in [-0.1, -0.05) is 126 Å². The fourth-order valence-electron chi connectivity index (χ4n) is 4.94. The second-order valence-corrected chi connectivity index (χ2v) is 14.5. The molecule has 0 saturated heterocycles. The number of hydrogen-bond acceptors (Lipinski definition) is 2. The lowest BCUT2D eigenvalue weighted by molar-refractivity contribution is 0.0974. The van der Waals surface area contributed by atoms with Gasteiger partial charge in [-0.2, -0.15) is 0 Å². The van der Waals surface area contributed by atoms with Crippen molar-refractivity contribution >= 4 is 0 Å². The first-order chi connectivity index (χ1) is 19.5. The maximum Gasteiger partial charge on any atom is 0.0800 e. The molecule has 0 aromatic heterocycles. The molecule has 42 heavy (non-hydrogen) atoms. The second-order valence-electron chi connectivity index (χ2n) is 14.5. The first kappa shape index (κ1) is 42.8. The average molecular weight is 587 g/mol. The predicted molar refractivity (Wildman–Crippen MR) is 191 cm³/mol. The van der Waals surface area contributed by atoms with E-state index < -0.39 is 11.2 Å². The van der Waals surface area contributed by atoms with E-state index in [2.05, 4.69) is 86.8 Å². The molecule has 2 nitrogen and oxygen atoms in total. The molecule has 246 valence electrons. The van der Waals surface area contributed by atoms with Gasteiger partial charge in [-0.15, -0.1) is 13.2 Å². The van der Waals surface area contributed by atoms with E-state index in [0.29, 0.717) is 0 Å². The van der Waals surface area contributed by atoms with Gasteiger partial charge in [0.1, 0.15) is 0 Å². The van der Waals surface area contributed by atoms with Crippen LogP contribution >= 0.6 is 0 Å². The van der Waals surface area contributed by atoms with E-state index in [1.165, 1.54) is 61.7 Å². The second kappa shape index (κ2) is 25.0. The molecule has 0 aliphatic rings. The van der Waals surface area contributed by atoms with Gasteiger partial charge in [0.05, 0.1) is 11.2 Å². The standard InChI is InChI=1S/C20H40O.C20H34O/c2*1-7-20(6,21)16-10-15-19(5)14-9-13-18(4)12-8-11-17(2)3/h7,17-19,21H,1,8-16H2,2-6H3;7,11,13,15,21H,1,8-10,12,14,16H2,2-6H3. The molecule has 0 aliphatic heterocycles. The molecule has 0 fully saturated rings. The lowest BCUT2D eigenvalue weighted by atomic mass is 9.90. The third-order valence-electron chi connectivity index (χ3n) is 8.40. The van der Waals surface area contributed by atoms with Crippen molar-refractivity contribution in [2.24, 2.45) is 17.8 Å². The van der Waals surface area contributed by atoms with Crippen LogP contribution in [0.25, 0.3) is 0 Å². The maximum absolute atomic E-state index is 9.89. The number of rotatable bonds is 23. The Balaban J connectivity index is 0. The van der Waals surface area contributed by atoms with Crippen LogP contribution in [-0.2, 0) is 0 Å². The van der Waals surface area contributed by atoms with Crippen LogP contribution in [0.15, 0.2) is 60.3 Å². The summed E-state index contributed by atoms with van der Waals surface area (Å²) in [6, 6.07) is 0. The van der Waals surface area contributed by atoms with Gasteiger partial charge in [-0.25, -0.2) is 0 Å². The van der Waals surface area contributed by atoms with Crippen LogP contribution in [0.5, 0.6) is 0 Å². The Hall–Kier alpha value is -1.38. The first-order valence-corrected chi connectivity index (χ1v) is 17.2. The van der Waals surface area contributed by atoms with Gasteiger partial charge < -0.3 is 10.2 Å². The van der Waals surface area contributed by atoms with Crippen molar-refractivity contribution in [3.05, 3.63) is 60.3 Å². The molecule has 4 unspecified atom stereocenters. The number of allylic oxidation sites excluding steroid dienone is 6. The van der Waals surface area contributed by atoms with Crippen molar-refractivity contribution in [1.29, 1.82) is 0 Å². The molecule has 2 N–H and O–H groups in total. The molecule has 0 spiro atoms. The highest BCUT2D eigenvalue weighted by atomic mass is 16.3. The largest absolute Gasteiger partial charge is 0.386 e. The summed E-state index contributed by atoms with van der Waals surface area (Å²) in [6.07, 6.45) is 27.8. The lowest BCUT2D eigenvalue weighted by Gasteiger charge is -2.20. The first-order valence-electron chi connectivity index (χ1n) is 17.2. The van der Waals surface area contributed by atoms with Crippen LogP contribution in [0.4, 0.5) is 0 Å². The van der Waals surface area contributed by atoms with Crippen LogP contribution in [0.2, 0.25) is 0 Å². The van der Waals surface area contributed by atoms with Gasteiger partial charge in [0, 0.05) is 0 Å². The smallest absolute Gasteiger partial charge is 0.0800 e. The maximum atomic E-state index is 9.89. The van der Waals surface area contributed by atoms with E-state index in [1.807, 2.05) is 13.8 Å². The summed E-state index contributed by atoms with van der Waals surface area (Å²) >= 11 is 0. The molecular weight excluding hydrogens is 512 g/mol. The Labute approximate surface area is 264 Å². The third-order valence-corrected chi connectivity index (χ3v) is 8.40. The molecular formula is C40H74O2. The zero-order valence-electron chi connectivity index (χ0n) is 30.0. The van der Waals surface area contributed by atoms with E-state index in [0.717, 1.165) is 69.1 Å². The highest BCUT2D eigenvalue weighted by Gasteiger charge is 2.15. The van der Waals surface area contributed by atoms with Gasteiger partial charge in [0.15, 0.2) is 0 Å². The summed E-state index contributed by atoms with van der Waals surface area (Å²) < 4.78 is 0. The van der Waals surface area contributed by atoms with Crippen molar-refractivity contribution in [2.75, 3.05) is 0 Å². The highest BCUT2D eigenvalue weighted by molar-refractivity contribution is 5.06. The molecule has 0 bridgehead atoms. The molecule has 0 heterocycles. The summed E-state index contributed by atoms with van der Waals surface area (Å²) in [5, 5.41) is 19.7. The molecule has 0 aromatic carbocycles. The minimum Gasteiger partial charge on any atom is -0.386 e. The van der Waals surface area contributed by atoms with Crippen molar-refractivity contribution in [3.63, 3.8) is 0 Å². The highest BCUT2D eigenvalue weighted by Crippen LogP contribution is 2.23. The summed E-state index contributed by atoms with van der Waals surface area (Å²) in [4.78, 5) is 0. The fraction of sp³-hybridized carbons (Fsp3) is 0.750. The summed E-state index contributed by atoms with van der Waals surface area (Å²) in [7, 11) is 0. The Morgan fingerprint density at radius 2 is 1.00 bits per heavy atom. The molecule has 0 radical (unpaired) electrons. The molecule has 0 aliphatic carbocycles. The van der Waals surface area contributed by atoms with Crippen LogP contribution in [0.1, 0.15) is 166 Å². The topological polar surface area (TPSA) is 40.5 Å². The van der Waals surface area contributed by atoms with Crippen molar-refractivity contribution < 1.29 is 10.2 Å². The fourth-order valence-corrected chi connectivity index (χ4v) is 4.94. The third kappa shape index (κ3) is 30.1. The molecule has 4 atom stereocenters. The van der Waals surface area contributed by atoms with Crippen molar-refractivity contribution in [1.82, 2.24) is 0 Å². The SMILES string of the molecule is C=CC(C)(O)CCC=C(C)CCC=C(C)CCC=C(C)C.C=CC(C)(O)CCCC(C)CCCC(C)CCCC(C)C. The normalized spacial score (nSPS) is 16.5. The van der Waals surface area contributed by atoms with Gasteiger partial charge in [0.2, 0.25) is 0 Å². The summed E-state index contributed by atoms with van der Waals surface area (Å²) in [5.74, 6) is 2.52. The van der Waals surface area contributed by atoms with E-state index in [-0.39, 0.29) is 0 Å². The Kier molecular flexibility index (Phi) is 25.4. The van der Waals surface area contributed by atoms with Crippen LogP contribution < -0.4 is 0 Å². The van der Waals surface area contributed by atoms with Crippen LogP contribution in [0, 0.1) is 17.8 Å². The average Bonchev–Trinajstić information content (AvgIpc) is 2.88. The Bertz CT molecular complexity index is 773. The quantitative estimate of drug-likeness (QED) is 0.117. The van der Waals surface area contributed by atoms with Crippen LogP contribution in [-0.4, -0.2) is 21.4 Å². The van der Waals surface area contributed by atoms with Crippen molar-refractivity contribution in [3.8, 4) is 0 Å². The van der Waals surface area contributed by atoms with E-state index in [9.17, 15) is 10.2 Å². The number of hydrogen-bond donors (Lipinski definition) is 2. The Morgan fingerprint density at radius 1 is 0.595 bits per heavy atom. The van der Waals surface area contributed by atoms with Crippen molar-refractivity contribution in [2.45, 2.75) is 177 Å². The molecule has 0 amide bonds. The van der Waals surface area contributed by atoms with Gasteiger partial charge >= 0.3 is 0 Å². The Morgan fingerprint density at radius 3 is 1.45 bits per heavy atom. The minimum absolute atomic E-state index is 0.676. The van der Waals surface area contributed by atoms with Gasteiger partial charge in [-0.05, 0) is 104 Å². The lowest BCUT2D eigenvalue weighted by Crippen LogP contribution is -2.20. The number of aliphatic hydroxyl groups is 2. The van der Waals surface area contributed by atoms with E-state index in [4.69, 9.17) is 0 Å². The van der Waals surface area contributed by atoms with Gasteiger partial charge in [0.25, 0.3) is 0 Å². The van der Waals surface area contributed by atoms with Gasteiger partial charge in [-0.3, -0.25) is 0 Å². The summed E-state index contributed by atoms with van der Waals surface area (Å²) in [5.41, 5.74) is 2.87. The molecule has 0 aromatic rings.